The fourth-order valence-electron chi connectivity index (χ4n) is 4.70. The molecule has 4 fully saturated rings. The number of ether oxygens (including phenoxy) is 8. The molecule has 4 aliphatic heterocycles. The quantitative estimate of drug-likeness (QED) is 0.474. The van der Waals surface area contributed by atoms with Crippen LogP contribution >= 0.6 is 0 Å². The van der Waals surface area contributed by atoms with Gasteiger partial charge < -0.3 is 37.9 Å². The molecule has 180 valence electrons. The third-order valence-electron chi connectivity index (χ3n) is 6.21. The summed E-state index contributed by atoms with van der Waals surface area (Å²) in [6.45, 7) is 10.4. The van der Waals surface area contributed by atoms with Gasteiger partial charge in [0.25, 0.3) is 0 Å². The Morgan fingerprint density at radius 2 is 1.58 bits per heavy atom. The van der Waals surface area contributed by atoms with Crippen LogP contribution in [0.5, 0.6) is 0 Å². The smallest absolute Gasteiger partial charge is 0.190 e. The van der Waals surface area contributed by atoms with E-state index >= 15 is 0 Å². The molecule has 4 rings (SSSR count). The van der Waals surface area contributed by atoms with Gasteiger partial charge in [0.05, 0.1) is 6.61 Å². The molecule has 0 aromatic heterocycles. The minimum absolute atomic E-state index is 0.00831. The molecule has 4 heterocycles. The Hall–Kier alpha value is -0.320. The van der Waals surface area contributed by atoms with Gasteiger partial charge in [-0.25, -0.2) is 0 Å². The molecule has 8 heteroatoms. The maximum atomic E-state index is 6.29. The summed E-state index contributed by atoms with van der Waals surface area (Å²) in [6, 6.07) is 0. The average Bonchev–Trinajstić information content (AvgIpc) is 3.34. The lowest BCUT2D eigenvalue weighted by Gasteiger charge is -2.29. The van der Waals surface area contributed by atoms with Crippen molar-refractivity contribution < 1.29 is 37.9 Å². The second kappa shape index (κ2) is 10.3. The SMILES string of the molecule is CC1(C)OCC(C2OC3OC(C)(C)OC3C2OCCCCCCOC2CCCCO2)O1. The largest absolute Gasteiger partial charge is 0.372 e. The van der Waals surface area contributed by atoms with Crippen LogP contribution in [0.3, 0.4) is 0 Å². The van der Waals surface area contributed by atoms with E-state index < -0.39 is 17.9 Å². The van der Waals surface area contributed by atoms with Crippen LogP contribution in [0.4, 0.5) is 0 Å². The third-order valence-corrected chi connectivity index (χ3v) is 6.21. The first-order chi connectivity index (χ1) is 14.8. The van der Waals surface area contributed by atoms with Crippen molar-refractivity contribution in [1.29, 1.82) is 0 Å². The topological polar surface area (TPSA) is 73.8 Å². The number of rotatable bonds is 10. The molecule has 8 nitrogen and oxygen atoms in total. The van der Waals surface area contributed by atoms with Gasteiger partial charge in [0.15, 0.2) is 24.2 Å². The summed E-state index contributed by atoms with van der Waals surface area (Å²) >= 11 is 0. The summed E-state index contributed by atoms with van der Waals surface area (Å²) in [5, 5.41) is 0. The number of fused-ring (bicyclic) bond motifs is 1. The van der Waals surface area contributed by atoms with Crippen molar-refractivity contribution in [2.75, 3.05) is 26.4 Å². The van der Waals surface area contributed by atoms with E-state index in [0.717, 1.165) is 51.7 Å². The highest BCUT2D eigenvalue weighted by molar-refractivity contribution is 4.98. The van der Waals surface area contributed by atoms with Crippen LogP contribution in [0.2, 0.25) is 0 Å². The first-order valence-corrected chi connectivity index (χ1v) is 12.0. The van der Waals surface area contributed by atoms with Crippen LogP contribution in [0.25, 0.3) is 0 Å². The van der Waals surface area contributed by atoms with Crippen LogP contribution in [0, 0.1) is 0 Å². The summed E-state index contributed by atoms with van der Waals surface area (Å²) < 4.78 is 47.7. The molecule has 6 atom stereocenters. The van der Waals surface area contributed by atoms with E-state index in [1.54, 1.807) is 0 Å². The van der Waals surface area contributed by atoms with Gasteiger partial charge in [-0.1, -0.05) is 12.8 Å². The molecule has 0 aromatic rings. The van der Waals surface area contributed by atoms with E-state index in [2.05, 4.69) is 0 Å². The Labute approximate surface area is 186 Å². The molecule has 0 bridgehead atoms. The van der Waals surface area contributed by atoms with E-state index in [1.807, 2.05) is 27.7 Å². The first kappa shape index (κ1) is 23.8. The second-order valence-electron chi connectivity index (χ2n) is 9.85. The van der Waals surface area contributed by atoms with Gasteiger partial charge in [0, 0.05) is 19.8 Å². The molecule has 6 unspecified atom stereocenters. The normalized spacial score (nSPS) is 39.1. The van der Waals surface area contributed by atoms with Crippen molar-refractivity contribution in [2.45, 2.75) is 121 Å². The number of hydrogen-bond acceptors (Lipinski definition) is 8. The lowest BCUT2D eigenvalue weighted by Crippen LogP contribution is -2.44. The van der Waals surface area contributed by atoms with Crippen molar-refractivity contribution in [3.8, 4) is 0 Å². The van der Waals surface area contributed by atoms with E-state index in [1.165, 1.54) is 6.42 Å². The lowest BCUT2D eigenvalue weighted by atomic mass is 10.1. The van der Waals surface area contributed by atoms with Crippen molar-refractivity contribution >= 4 is 0 Å². The number of hydrogen-bond donors (Lipinski definition) is 0. The fourth-order valence-corrected chi connectivity index (χ4v) is 4.70. The zero-order valence-corrected chi connectivity index (χ0v) is 19.5. The van der Waals surface area contributed by atoms with Gasteiger partial charge in [-0.05, 0) is 59.8 Å². The summed E-state index contributed by atoms with van der Waals surface area (Å²) in [4.78, 5) is 0. The fraction of sp³-hybridized carbons (Fsp3) is 1.00. The molecule has 0 amide bonds. The maximum absolute atomic E-state index is 6.29. The zero-order chi connectivity index (χ0) is 21.9. The molecular formula is C23H40O8. The van der Waals surface area contributed by atoms with E-state index in [4.69, 9.17) is 37.9 Å². The molecule has 0 saturated carbocycles. The van der Waals surface area contributed by atoms with E-state index in [9.17, 15) is 0 Å². The van der Waals surface area contributed by atoms with Crippen LogP contribution in [0.15, 0.2) is 0 Å². The van der Waals surface area contributed by atoms with Gasteiger partial charge in [0.1, 0.15) is 24.4 Å². The summed E-state index contributed by atoms with van der Waals surface area (Å²) in [6.07, 6.45) is 6.26. The van der Waals surface area contributed by atoms with Gasteiger partial charge in [-0.2, -0.15) is 0 Å². The molecule has 0 aromatic carbocycles. The Morgan fingerprint density at radius 1 is 0.806 bits per heavy atom. The zero-order valence-electron chi connectivity index (χ0n) is 19.5. The Morgan fingerprint density at radius 3 is 2.26 bits per heavy atom. The van der Waals surface area contributed by atoms with Crippen LogP contribution in [-0.2, 0) is 37.9 Å². The molecule has 0 aliphatic carbocycles. The molecule has 0 radical (unpaired) electrons. The molecule has 31 heavy (non-hydrogen) atoms. The van der Waals surface area contributed by atoms with E-state index in [0.29, 0.717) is 13.2 Å². The van der Waals surface area contributed by atoms with Crippen molar-refractivity contribution in [3.05, 3.63) is 0 Å². The standard InChI is InChI=1S/C23H40O8/c1-22(2)27-15-16(29-22)18-19(20-21(28-18)31-23(3,4)30-20)26-14-9-6-5-8-12-24-17-11-7-10-13-25-17/h16-21H,5-15H2,1-4H3. The summed E-state index contributed by atoms with van der Waals surface area (Å²) in [5.41, 5.74) is 0. The van der Waals surface area contributed by atoms with Crippen LogP contribution < -0.4 is 0 Å². The predicted molar refractivity (Wildman–Crippen MR) is 111 cm³/mol. The first-order valence-electron chi connectivity index (χ1n) is 12.0. The van der Waals surface area contributed by atoms with Crippen LogP contribution in [-0.4, -0.2) is 75.0 Å². The molecule has 0 spiro atoms. The highest BCUT2D eigenvalue weighted by Crippen LogP contribution is 2.42. The predicted octanol–water partition coefficient (Wildman–Crippen LogP) is 3.50. The molecule has 0 N–H and O–H groups in total. The Kier molecular flexibility index (Phi) is 7.92. The minimum Gasteiger partial charge on any atom is -0.372 e. The third kappa shape index (κ3) is 6.38. The minimum atomic E-state index is -0.670. The second-order valence-corrected chi connectivity index (χ2v) is 9.85. The average molecular weight is 445 g/mol. The molecular weight excluding hydrogens is 404 g/mol. The Bertz CT molecular complexity index is 562. The molecule has 4 saturated heterocycles. The van der Waals surface area contributed by atoms with Crippen LogP contribution in [0.1, 0.15) is 72.6 Å². The lowest BCUT2D eigenvalue weighted by molar-refractivity contribution is -0.236. The monoisotopic (exact) mass is 444 g/mol. The molecule has 4 aliphatic rings. The van der Waals surface area contributed by atoms with Crippen molar-refractivity contribution in [2.24, 2.45) is 0 Å². The highest BCUT2D eigenvalue weighted by Gasteiger charge is 2.58. The maximum Gasteiger partial charge on any atom is 0.190 e. The van der Waals surface area contributed by atoms with Gasteiger partial charge in [0.2, 0.25) is 0 Å². The van der Waals surface area contributed by atoms with Crippen molar-refractivity contribution in [1.82, 2.24) is 0 Å². The Balaban J connectivity index is 1.17. The summed E-state index contributed by atoms with van der Waals surface area (Å²) in [5.74, 6) is -1.28. The van der Waals surface area contributed by atoms with E-state index in [-0.39, 0.29) is 30.7 Å². The summed E-state index contributed by atoms with van der Waals surface area (Å²) in [7, 11) is 0. The number of unbranched alkanes of at least 4 members (excludes halogenated alkanes) is 3. The van der Waals surface area contributed by atoms with Gasteiger partial charge in [-0.3, -0.25) is 0 Å². The highest BCUT2D eigenvalue weighted by atomic mass is 16.8. The van der Waals surface area contributed by atoms with Gasteiger partial charge >= 0.3 is 0 Å². The van der Waals surface area contributed by atoms with Gasteiger partial charge in [-0.15, -0.1) is 0 Å². The van der Waals surface area contributed by atoms with Crippen molar-refractivity contribution in [3.63, 3.8) is 0 Å².